The van der Waals surface area contributed by atoms with Gasteiger partial charge >= 0.3 is 0 Å². The molecule has 2 atom stereocenters. The second-order valence-corrected chi connectivity index (χ2v) is 4.51. The fourth-order valence-corrected chi connectivity index (χ4v) is 1.85. The second-order valence-electron chi connectivity index (χ2n) is 4.51. The molecule has 1 saturated heterocycles. The summed E-state index contributed by atoms with van der Waals surface area (Å²) in [6.07, 6.45) is -0.357. The van der Waals surface area contributed by atoms with E-state index in [0.29, 0.717) is 26.4 Å². The lowest BCUT2D eigenvalue weighted by atomic mass is 10.3. The minimum Gasteiger partial charge on any atom is -0.389 e. The monoisotopic (exact) mass is 246 g/mol. The zero-order valence-corrected chi connectivity index (χ0v) is 11.0. The van der Waals surface area contributed by atoms with Gasteiger partial charge < -0.3 is 19.9 Å². The number of aliphatic hydroxyl groups excluding tert-OH is 1. The van der Waals surface area contributed by atoms with E-state index < -0.39 is 6.10 Å². The highest BCUT2D eigenvalue weighted by Crippen LogP contribution is 1.99. The molecule has 5 heteroatoms. The maximum Gasteiger partial charge on any atom is 0.0900 e. The SMILES string of the molecule is CCOCC(C)OCC(O)CN1CCNCC1. The van der Waals surface area contributed by atoms with Gasteiger partial charge in [0.15, 0.2) is 0 Å². The first-order valence-corrected chi connectivity index (χ1v) is 6.52. The third kappa shape index (κ3) is 6.95. The average Bonchev–Trinajstić information content (AvgIpc) is 2.35. The van der Waals surface area contributed by atoms with Crippen LogP contribution in [0.15, 0.2) is 0 Å². The summed E-state index contributed by atoms with van der Waals surface area (Å²) in [7, 11) is 0. The summed E-state index contributed by atoms with van der Waals surface area (Å²) in [4.78, 5) is 2.26. The van der Waals surface area contributed by atoms with E-state index in [1.165, 1.54) is 0 Å². The first-order valence-electron chi connectivity index (χ1n) is 6.52. The Bertz CT molecular complexity index is 187. The van der Waals surface area contributed by atoms with Crippen LogP contribution in [0, 0.1) is 0 Å². The number of aliphatic hydroxyl groups is 1. The molecule has 5 nitrogen and oxygen atoms in total. The average molecular weight is 246 g/mol. The van der Waals surface area contributed by atoms with Crippen LogP contribution in [0.4, 0.5) is 0 Å². The van der Waals surface area contributed by atoms with Gasteiger partial charge in [-0.3, -0.25) is 4.90 Å². The highest BCUT2D eigenvalue weighted by Gasteiger charge is 2.15. The van der Waals surface area contributed by atoms with Crippen LogP contribution in [-0.2, 0) is 9.47 Å². The van der Waals surface area contributed by atoms with Crippen molar-refractivity contribution in [2.45, 2.75) is 26.1 Å². The molecule has 0 bridgehead atoms. The van der Waals surface area contributed by atoms with Gasteiger partial charge in [-0.2, -0.15) is 0 Å². The van der Waals surface area contributed by atoms with Gasteiger partial charge in [-0.25, -0.2) is 0 Å². The van der Waals surface area contributed by atoms with Crippen molar-refractivity contribution in [3.05, 3.63) is 0 Å². The highest BCUT2D eigenvalue weighted by molar-refractivity contribution is 4.71. The minimum absolute atomic E-state index is 0.0487. The van der Waals surface area contributed by atoms with Crippen molar-refractivity contribution in [2.24, 2.45) is 0 Å². The topological polar surface area (TPSA) is 54.0 Å². The van der Waals surface area contributed by atoms with Gasteiger partial charge in [0.2, 0.25) is 0 Å². The minimum atomic E-state index is -0.405. The summed E-state index contributed by atoms with van der Waals surface area (Å²) in [6, 6.07) is 0. The molecule has 102 valence electrons. The van der Waals surface area contributed by atoms with E-state index >= 15 is 0 Å². The summed E-state index contributed by atoms with van der Waals surface area (Å²) in [5.74, 6) is 0. The molecule has 1 aliphatic heterocycles. The zero-order chi connectivity index (χ0) is 12.5. The van der Waals surface area contributed by atoms with Gasteiger partial charge in [-0.1, -0.05) is 0 Å². The maximum absolute atomic E-state index is 9.85. The molecule has 1 heterocycles. The van der Waals surface area contributed by atoms with Gasteiger partial charge in [0.05, 0.1) is 25.4 Å². The van der Waals surface area contributed by atoms with Crippen molar-refractivity contribution in [3.8, 4) is 0 Å². The van der Waals surface area contributed by atoms with Crippen molar-refractivity contribution in [1.29, 1.82) is 0 Å². The number of rotatable bonds is 8. The summed E-state index contributed by atoms with van der Waals surface area (Å²) < 4.78 is 10.8. The van der Waals surface area contributed by atoms with Gasteiger partial charge in [-0.15, -0.1) is 0 Å². The first-order chi connectivity index (χ1) is 8.22. The van der Waals surface area contributed by atoms with Gasteiger partial charge in [0.25, 0.3) is 0 Å². The van der Waals surface area contributed by atoms with E-state index in [0.717, 1.165) is 26.2 Å². The lowest BCUT2D eigenvalue weighted by Crippen LogP contribution is -2.47. The predicted octanol–water partition coefficient (Wildman–Crippen LogP) is -0.306. The molecule has 0 spiro atoms. The lowest BCUT2D eigenvalue weighted by Gasteiger charge is -2.29. The number of hydrogen-bond acceptors (Lipinski definition) is 5. The molecular formula is C12H26N2O3. The van der Waals surface area contributed by atoms with Crippen molar-refractivity contribution < 1.29 is 14.6 Å². The van der Waals surface area contributed by atoms with Crippen molar-refractivity contribution in [1.82, 2.24) is 10.2 Å². The molecule has 1 aliphatic rings. The molecular weight excluding hydrogens is 220 g/mol. The van der Waals surface area contributed by atoms with Crippen LogP contribution in [0.3, 0.4) is 0 Å². The molecule has 1 fully saturated rings. The molecule has 0 radical (unpaired) electrons. The van der Waals surface area contributed by atoms with Gasteiger partial charge in [-0.05, 0) is 13.8 Å². The van der Waals surface area contributed by atoms with E-state index in [1.807, 2.05) is 13.8 Å². The summed E-state index contributed by atoms with van der Waals surface area (Å²) >= 11 is 0. The molecule has 17 heavy (non-hydrogen) atoms. The zero-order valence-electron chi connectivity index (χ0n) is 11.0. The van der Waals surface area contributed by atoms with E-state index in [-0.39, 0.29) is 6.10 Å². The van der Waals surface area contributed by atoms with E-state index in [9.17, 15) is 5.11 Å². The van der Waals surface area contributed by atoms with Crippen molar-refractivity contribution >= 4 is 0 Å². The number of ether oxygens (including phenoxy) is 2. The lowest BCUT2D eigenvalue weighted by molar-refractivity contribution is -0.0462. The Morgan fingerprint density at radius 1 is 1.29 bits per heavy atom. The Kier molecular flexibility index (Phi) is 7.72. The fraction of sp³-hybridized carbons (Fsp3) is 1.00. The number of nitrogens with one attached hydrogen (secondary N) is 1. The Morgan fingerprint density at radius 3 is 2.65 bits per heavy atom. The summed E-state index contributed by atoms with van der Waals surface area (Å²) in [5, 5.41) is 13.1. The Balaban J connectivity index is 2.05. The number of nitrogens with zero attached hydrogens (tertiary/aromatic N) is 1. The first kappa shape index (κ1) is 14.9. The van der Waals surface area contributed by atoms with Crippen LogP contribution in [0.5, 0.6) is 0 Å². The van der Waals surface area contributed by atoms with Crippen molar-refractivity contribution in [2.75, 3.05) is 52.5 Å². The van der Waals surface area contributed by atoms with Gasteiger partial charge in [0, 0.05) is 39.3 Å². The fourth-order valence-electron chi connectivity index (χ4n) is 1.85. The molecule has 0 aliphatic carbocycles. The van der Waals surface area contributed by atoms with E-state index in [2.05, 4.69) is 10.2 Å². The number of β-amino-alcohol motifs (C(OH)–C–C–N with tert-alkyl or cyclic N) is 1. The van der Waals surface area contributed by atoms with Crippen LogP contribution >= 0.6 is 0 Å². The van der Waals surface area contributed by atoms with E-state index in [4.69, 9.17) is 9.47 Å². The standard InChI is InChI=1S/C12H26N2O3/c1-3-16-9-11(2)17-10-12(15)8-14-6-4-13-5-7-14/h11-13,15H,3-10H2,1-2H3. The highest BCUT2D eigenvalue weighted by atomic mass is 16.5. The van der Waals surface area contributed by atoms with Crippen LogP contribution in [-0.4, -0.2) is 74.8 Å². The molecule has 2 unspecified atom stereocenters. The van der Waals surface area contributed by atoms with Crippen LogP contribution in [0.2, 0.25) is 0 Å². The molecule has 1 rings (SSSR count). The smallest absolute Gasteiger partial charge is 0.0900 e. The molecule has 2 N–H and O–H groups in total. The summed E-state index contributed by atoms with van der Waals surface area (Å²) in [5.41, 5.74) is 0. The largest absolute Gasteiger partial charge is 0.389 e. The van der Waals surface area contributed by atoms with Crippen LogP contribution in [0.25, 0.3) is 0 Å². The third-order valence-electron chi connectivity index (χ3n) is 2.81. The Morgan fingerprint density at radius 2 is 2.00 bits per heavy atom. The Labute approximate surface area is 104 Å². The van der Waals surface area contributed by atoms with E-state index in [1.54, 1.807) is 0 Å². The maximum atomic E-state index is 9.85. The molecule has 0 saturated carbocycles. The predicted molar refractivity (Wildman–Crippen MR) is 67.2 cm³/mol. The molecule has 0 amide bonds. The van der Waals surface area contributed by atoms with Crippen LogP contribution < -0.4 is 5.32 Å². The second kappa shape index (κ2) is 8.83. The normalized spacial score (nSPS) is 21.4. The third-order valence-corrected chi connectivity index (χ3v) is 2.81. The number of piperazine rings is 1. The number of hydrogen-bond donors (Lipinski definition) is 2. The molecule has 0 aromatic rings. The quantitative estimate of drug-likeness (QED) is 0.615. The molecule has 0 aromatic heterocycles. The Hall–Kier alpha value is -0.200. The molecule has 0 aromatic carbocycles. The van der Waals surface area contributed by atoms with Crippen LogP contribution in [0.1, 0.15) is 13.8 Å². The van der Waals surface area contributed by atoms with Gasteiger partial charge in [0.1, 0.15) is 0 Å². The van der Waals surface area contributed by atoms with Crippen molar-refractivity contribution in [3.63, 3.8) is 0 Å². The summed E-state index contributed by atoms with van der Waals surface area (Å²) in [6.45, 7) is 10.3.